The van der Waals surface area contributed by atoms with E-state index < -0.39 is 16.0 Å². The van der Waals surface area contributed by atoms with Crippen molar-refractivity contribution in [3.05, 3.63) is 57.6 Å². The Morgan fingerprint density at radius 3 is 2.45 bits per heavy atom. The summed E-state index contributed by atoms with van der Waals surface area (Å²) in [6.07, 6.45) is 0. The first-order valence-corrected chi connectivity index (χ1v) is 8.26. The van der Waals surface area contributed by atoms with Crippen molar-refractivity contribution < 1.29 is 18.3 Å². The molecular weight excluding hydrogens is 349 g/mol. The van der Waals surface area contributed by atoms with Gasteiger partial charge in [-0.2, -0.15) is 0 Å². The van der Waals surface area contributed by atoms with Crippen LogP contribution in [-0.4, -0.2) is 19.5 Å². The van der Waals surface area contributed by atoms with E-state index in [0.717, 1.165) is 0 Å². The Labute approximate surface area is 137 Å². The monoisotopic (exact) mass is 359 g/mol. The summed E-state index contributed by atoms with van der Waals surface area (Å²) in [5.41, 5.74) is 0.711. The maximum Gasteiger partial charge on any atom is 0.335 e. The highest BCUT2D eigenvalue weighted by atomic mass is 35.5. The van der Waals surface area contributed by atoms with Crippen LogP contribution in [0.3, 0.4) is 0 Å². The lowest BCUT2D eigenvalue weighted by Gasteiger charge is -2.12. The van der Waals surface area contributed by atoms with E-state index in [1.165, 1.54) is 36.4 Å². The van der Waals surface area contributed by atoms with Gasteiger partial charge in [0.2, 0.25) is 0 Å². The first-order chi connectivity index (χ1) is 10.2. The second-order valence-electron chi connectivity index (χ2n) is 4.52. The fourth-order valence-corrected chi connectivity index (χ4v) is 3.63. The van der Waals surface area contributed by atoms with E-state index in [2.05, 4.69) is 4.72 Å². The molecule has 0 saturated heterocycles. The molecule has 116 valence electrons. The molecule has 0 aliphatic heterocycles. The number of sulfonamides is 1. The fraction of sp³-hybridized carbons (Fsp3) is 0.0714. The third-order valence-electron chi connectivity index (χ3n) is 2.91. The molecule has 0 aliphatic carbocycles. The van der Waals surface area contributed by atoms with Gasteiger partial charge in [-0.05, 0) is 42.8 Å². The third kappa shape index (κ3) is 3.52. The second kappa shape index (κ2) is 6.16. The molecule has 2 rings (SSSR count). The molecule has 8 heteroatoms. The summed E-state index contributed by atoms with van der Waals surface area (Å²) < 4.78 is 27.1. The van der Waals surface area contributed by atoms with Gasteiger partial charge in [-0.25, -0.2) is 13.2 Å². The summed E-state index contributed by atoms with van der Waals surface area (Å²) >= 11 is 11.7. The van der Waals surface area contributed by atoms with Crippen molar-refractivity contribution in [3.63, 3.8) is 0 Å². The molecule has 2 aromatic carbocycles. The molecule has 0 amide bonds. The maximum absolute atomic E-state index is 12.4. The number of benzene rings is 2. The minimum Gasteiger partial charge on any atom is -0.478 e. The highest BCUT2D eigenvalue weighted by Crippen LogP contribution is 2.28. The van der Waals surface area contributed by atoms with E-state index in [9.17, 15) is 13.2 Å². The molecule has 22 heavy (non-hydrogen) atoms. The zero-order valence-electron chi connectivity index (χ0n) is 11.3. The van der Waals surface area contributed by atoms with E-state index >= 15 is 0 Å². The SMILES string of the molecule is Cc1ccc(C(=O)O)cc1NS(=O)(=O)c1cc(Cl)ccc1Cl. The van der Waals surface area contributed by atoms with Gasteiger partial charge in [0.25, 0.3) is 10.0 Å². The van der Waals surface area contributed by atoms with Crippen molar-refractivity contribution in [1.82, 2.24) is 0 Å². The van der Waals surface area contributed by atoms with Gasteiger partial charge in [0.05, 0.1) is 16.3 Å². The molecule has 0 spiro atoms. The molecule has 0 radical (unpaired) electrons. The van der Waals surface area contributed by atoms with E-state index in [1.807, 2.05) is 0 Å². The van der Waals surface area contributed by atoms with Gasteiger partial charge in [0.1, 0.15) is 4.90 Å². The van der Waals surface area contributed by atoms with Crippen LogP contribution < -0.4 is 4.72 Å². The predicted molar refractivity (Wildman–Crippen MR) is 85.4 cm³/mol. The van der Waals surface area contributed by atoms with Crippen molar-refractivity contribution >= 4 is 44.9 Å². The fourth-order valence-electron chi connectivity index (χ4n) is 1.75. The van der Waals surface area contributed by atoms with Gasteiger partial charge < -0.3 is 5.11 Å². The third-order valence-corrected chi connectivity index (χ3v) is 4.99. The number of nitrogens with one attached hydrogen (secondary N) is 1. The number of carboxylic acids is 1. The topological polar surface area (TPSA) is 83.5 Å². The van der Waals surface area contributed by atoms with E-state index in [-0.39, 0.29) is 26.2 Å². The van der Waals surface area contributed by atoms with Crippen LogP contribution in [0.2, 0.25) is 10.0 Å². The van der Waals surface area contributed by atoms with Crippen LogP contribution in [-0.2, 0) is 10.0 Å². The van der Waals surface area contributed by atoms with Crippen molar-refractivity contribution in [1.29, 1.82) is 0 Å². The number of rotatable bonds is 4. The van der Waals surface area contributed by atoms with Crippen LogP contribution in [0.1, 0.15) is 15.9 Å². The van der Waals surface area contributed by atoms with Crippen molar-refractivity contribution in [2.24, 2.45) is 0 Å². The van der Waals surface area contributed by atoms with Crippen LogP contribution in [0, 0.1) is 6.92 Å². The Kier molecular flexibility index (Phi) is 4.65. The summed E-state index contributed by atoms with van der Waals surface area (Å²) in [4.78, 5) is 10.8. The standard InChI is InChI=1S/C14H11Cl2NO4S/c1-8-2-3-9(14(18)19)6-12(8)17-22(20,21)13-7-10(15)4-5-11(13)16/h2-7,17H,1H3,(H,18,19). The number of aryl methyl sites for hydroxylation is 1. The smallest absolute Gasteiger partial charge is 0.335 e. The van der Waals surface area contributed by atoms with Crippen molar-refractivity contribution in [2.75, 3.05) is 4.72 Å². The average Bonchev–Trinajstić information content (AvgIpc) is 2.43. The van der Waals surface area contributed by atoms with Crippen LogP contribution in [0.15, 0.2) is 41.3 Å². The Bertz CT molecular complexity index is 850. The minimum atomic E-state index is -3.99. The number of halogens is 2. The highest BCUT2D eigenvalue weighted by molar-refractivity contribution is 7.92. The Hall–Kier alpha value is -1.76. The molecule has 0 fully saturated rings. The Morgan fingerprint density at radius 1 is 1.14 bits per heavy atom. The number of carboxylic acid groups (broad SMARTS) is 1. The van der Waals surface area contributed by atoms with E-state index in [1.54, 1.807) is 6.92 Å². The summed E-state index contributed by atoms with van der Waals surface area (Å²) in [6, 6.07) is 8.22. The number of aromatic carboxylic acids is 1. The predicted octanol–water partition coefficient (Wildman–Crippen LogP) is 3.80. The van der Waals surface area contributed by atoms with Crippen LogP contribution in [0.25, 0.3) is 0 Å². The zero-order valence-corrected chi connectivity index (χ0v) is 13.6. The average molecular weight is 360 g/mol. The Morgan fingerprint density at radius 2 is 1.82 bits per heavy atom. The molecule has 5 nitrogen and oxygen atoms in total. The minimum absolute atomic E-state index is 0.0175. The molecule has 0 aliphatic rings. The van der Waals surface area contributed by atoms with Gasteiger partial charge in [-0.3, -0.25) is 4.72 Å². The van der Waals surface area contributed by atoms with Crippen molar-refractivity contribution in [3.8, 4) is 0 Å². The second-order valence-corrected chi connectivity index (χ2v) is 7.01. The molecule has 0 atom stereocenters. The van der Waals surface area contributed by atoms with E-state index in [4.69, 9.17) is 28.3 Å². The molecule has 0 saturated carbocycles. The van der Waals surface area contributed by atoms with Gasteiger partial charge >= 0.3 is 5.97 Å². The van der Waals surface area contributed by atoms with Crippen LogP contribution in [0.5, 0.6) is 0 Å². The molecule has 2 N–H and O–H groups in total. The first-order valence-electron chi connectivity index (χ1n) is 6.02. The number of anilines is 1. The maximum atomic E-state index is 12.4. The number of hydrogen-bond donors (Lipinski definition) is 2. The van der Waals surface area contributed by atoms with Crippen LogP contribution >= 0.6 is 23.2 Å². The molecule has 0 unspecified atom stereocenters. The molecule has 0 aromatic heterocycles. The van der Waals surface area contributed by atoms with Crippen LogP contribution in [0.4, 0.5) is 5.69 Å². The Balaban J connectivity index is 2.47. The molecular formula is C14H11Cl2NO4S. The van der Waals surface area contributed by atoms with Gasteiger partial charge in [0.15, 0.2) is 0 Å². The van der Waals surface area contributed by atoms with Gasteiger partial charge in [-0.15, -0.1) is 0 Å². The molecule has 0 bridgehead atoms. The summed E-state index contributed by atoms with van der Waals surface area (Å²) in [7, 11) is -3.99. The quantitative estimate of drug-likeness (QED) is 0.869. The summed E-state index contributed by atoms with van der Waals surface area (Å²) in [6.45, 7) is 1.66. The summed E-state index contributed by atoms with van der Waals surface area (Å²) in [5.74, 6) is -1.15. The highest BCUT2D eigenvalue weighted by Gasteiger charge is 2.20. The van der Waals surface area contributed by atoms with Gasteiger partial charge in [0, 0.05) is 5.02 Å². The number of carbonyl (C=O) groups is 1. The molecule has 0 heterocycles. The number of hydrogen-bond acceptors (Lipinski definition) is 3. The lowest BCUT2D eigenvalue weighted by Crippen LogP contribution is -2.15. The van der Waals surface area contributed by atoms with E-state index in [0.29, 0.717) is 5.56 Å². The lowest BCUT2D eigenvalue weighted by atomic mass is 10.1. The van der Waals surface area contributed by atoms with Gasteiger partial charge in [-0.1, -0.05) is 29.3 Å². The largest absolute Gasteiger partial charge is 0.478 e. The first kappa shape index (κ1) is 16.6. The normalized spacial score (nSPS) is 11.2. The summed E-state index contributed by atoms with van der Waals surface area (Å²) in [5, 5.41) is 9.22. The molecule has 2 aromatic rings. The zero-order chi connectivity index (χ0) is 16.5. The lowest BCUT2D eigenvalue weighted by molar-refractivity contribution is 0.0697. The van der Waals surface area contributed by atoms with Crippen molar-refractivity contribution in [2.45, 2.75) is 11.8 Å².